The van der Waals surface area contributed by atoms with Gasteiger partial charge in [0.15, 0.2) is 5.13 Å². The second-order valence-electron chi connectivity index (χ2n) is 5.63. The molecule has 1 aromatic heterocycles. The first-order valence-electron chi connectivity index (χ1n) is 7.74. The van der Waals surface area contributed by atoms with Crippen molar-refractivity contribution in [3.05, 3.63) is 70.6 Å². The Balaban J connectivity index is 1.61. The van der Waals surface area contributed by atoms with Crippen LogP contribution in [0.3, 0.4) is 0 Å². The van der Waals surface area contributed by atoms with E-state index in [-0.39, 0.29) is 6.03 Å². The summed E-state index contributed by atoms with van der Waals surface area (Å²) in [4.78, 5) is 16.5. The Labute approximate surface area is 145 Å². The molecule has 0 fully saturated rings. The molecule has 0 atom stereocenters. The number of thiazole rings is 1. The molecule has 3 aromatic rings. The zero-order valence-corrected chi connectivity index (χ0v) is 14.5. The van der Waals surface area contributed by atoms with Gasteiger partial charge in [-0.15, -0.1) is 11.3 Å². The van der Waals surface area contributed by atoms with Gasteiger partial charge in [-0.2, -0.15) is 0 Å². The van der Waals surface area contributed by atoms with E-state index in [9.17, 15) is 4.79 Å². The number of amides is 2. The number of carbonyl (C=O) groups excluding carboxylic acids is 1. The van der Waals surface area contributed by atoms with Crippen LogP contribution in [0.1, 0.15) is 16.7 Å². The molecule has 0 saturated carbocycles. The minimum absolute atomic E-state index is 0.250. The van der Waals surface area contributed by atoms with E-state index in [1.807, 2.05) is 35.7 Å². The lowest BCUT2D eigenvalue weighted by atomic mass is 10.1. The fourth-order valence-corrected chi connectivity index (χ4v) is 3.00. The van der Waals surface area contributed by atoms with E-state index < -0.39 is 0 Å². The minimum atomic E-state index is -0.250. The average Bonchev–Trinajstić information content (AvgIpc) is 3.05. The van der Waals surface area contributed by atoms with Crippen molar-refractivity contribution in [2.45, 2.75) is 20.4 Å². The SMILES string of the molecule is Cc1ccc(-c2csc(NC(=O)NCc3ccccc3)n2)cc1C. The monoisotopic (exact) mass is 337 g/mol. The van der Waals surface area contributed by atoms with Crippen molar-refractivity contribution in [3.8, 4) is 11.3 Å². The lowest BCUT2D eigenvalue weighted by Crippen LogP contribution is -2.28. The van der Waals surface area contributed by atoms with Crippen LogP contribution in [0.25, 0.3) is 11.3 Å². The smallest absolute Gasteiger partial charge is 0.321 e. The number of hydrogen-bond acceptors (Lipinski definition) is 3. The first kappa shape index (κ1) is 16.2. The number of rotatable bonds is 4. The normalized spacial score (nSPS) is 10.4. The predicted molar refractivity (Wildman–Crippen MR) is 99.3 cm³/mol. The van der Waals surface area contributed by atoms with Gasteiger partial charge in [0.1, 0.15) is 0 Å². The van der Waals surface area contributed by atoms with Crippen LogP contribution in [0.2, 0.25) is 0 Å². The summed E-state index contributed by atoms with van der Waals surface area (Å²) in [5, 5.41) is 8.16. The Morgan fingerprint density at radius 3 is 2.62 bits per heavy atom. The number of benzene rings is 2. The molecule has 24 heavy (non-hydrogen) atoms. The van der Waals surface area contributed by atoms with E-state index in [1.54, 1.807) is 0 Å². The van der Waals surface area contributed by atoms with Crippen molar-refractivity contribution >= 4 is 22.5 Å². The van der Waals surface area contributed by atoms with Gasteiger partial charge in [0.2, 0.25) is 0 Å². The van der Waals surface area contributed by atoms with Gasteiger partial charge < -0.3 is 5.32 Å². The van der Waals surface area contributed by atoms with E-state index in [0.717, 1.165) is 16.8 Å². The molecule has 2 aromatic carbocycles. The van der Waals surface area contributed by atoms with Crippen LogP contribution in [0.5, 0.6) is 0 Å². The number of hydrogen-bond donors (Lipinski definition) is 2. The lowest BCUT2D eigenvalue weighted by Gasteiger charge is -2.05. The van der Waals surface area contributed by atoms with Gasteiger partial charge in [0.05, 0.1) is 5.69 Å². The van der Waals surface area contributed by atoms with Crippen molar-refractivity contribution < 1.29 is 4.79 Å². The number of urea groups is 1. The van der Waals surface area contributed by atoms with Crippen molar-refractivity contribution in [1.29, 1.82) is 0 Å². The molecule has 0 spiro atoms. The molecule has 3 rings (SSSR count). The third-order valence-electron chi connectivity index (χ3n) is 3.82. The van der Waals surface area contributed by atoms with Crippen molar-refractivity contribution in [2.75, 3.05) is 5.32 Å². The molecule has 4 nitrogen and oxygen atoms in total. The van der Waals surface area contributed by atoms with Gasteiger partial charge in [0.25, 0.3) is 0 Å². The van der Waals surface area contributed by atoms with Crippen LogP contribution in [-0.4, -0.2) is 11.0 Å². The first-order valence-corrected chi connectivity index (χ1v) is 8.62. The van der Waals surface area contributed by atoms with Gasteiger partial charge in [-0.25, -0.2) is 9.78 Å². The lowest BCUT2D eigenvalue weighted by molar-refractivity contribution is 0.251. The molecule has 0 radical (unpaired) electrons. The third-order valence-corrected chi connectivity index (χ3v) is 4.58. The Kier molecular flexibility index (Phi) is 4.91. The first-order chi connectivity index (χ1) is 11.6. The average molecular weight is 337 g/mol. The van der Waals surface area contributed by atoms with E-state index in [2.05, 4.69) is 47.7 Å². The Bertz CT molecular complexity index is 843. The number of nitrogens with one attached hydrogen (secondary N) is 2. The molecule has 122 valence electrons. The van der Waals surface area contributed by atoms with Crippen molar-refractivity contribution in [1.82, 2.24) is 10.3 Å². The maximum absolute atomic E-state index is 12.0. The summed E-state index contributed by atoms with van der Waals surface area (Å²) in [5.74, 6) is 0. The fourth-order valence-electron chi connectivity index (χ4n) is 2.28. The highest BCUT2D eigenvalue weighted by molar-refractivity contribution is 7.14. The quantitative estimate of drug-likeness (QED) is 0.722. The largest absolute Gasteiger partial charge is 0.334 e. The highest BCUT2D eigenvalue weighted by atomic mass is 32.1. The summed E-state index contributed by atoms with van der Waals surface area (Å²) in [5.41, 5.74) is 5.49. The third kappa shape index (κ3) is 4.00. The van der Waals surface area contributed by atoms with Crippen LogP contribution in [0.15, 0.2) is 53.9 Å². The summed E-state index contributed by atoms with van der Waals surface area (Å²) >= 11 is 1.42. The summed E-state index contributed by atoms with van der Waals surface area (Å²) in [7, 11) is 0. The molecule has 0 aliphatic rings. The molecule has 0 aliphatic heterocycles. The number of aromatic nitrogens is 1. The molecule has 2 amide bonds. The Morgan fingerprint density at radius 2 is 1.88 bits per heavy atom. The standard InChI is InChI=1S/C19H19N3OS/c1-13-8-9-16(10-14(13)2)17-12-24-19(21-17)22-18(23)20-11-15-6-4-3-5-7-15/h3-10,12H,11H2,1-2H3,(H2,20,21,22,23). The van der Waals surface area contributed by atoms with E-state index in [0.29, 0.717) is 11.7 Å². The topological polar surface area (TPSA) is 54.0 Å². The predicted octanol–water partition coefficient (Wildman–Crippen LogP) is 4.75. The number of carbonyl (C=O) groups is 1. The molecule has 2 N–H and O–H groups in total. The second-order valence-corrected chi connectivity index (χ2v) is 6.49. The fraction of sp³-hybridized carbons (Fsp3) is 0.158. The van der Waals surface area contributed by atoms with Gasteiger partial charge in [-0.1, -0.05) is 42.5 Å². The van der Waals surface area contributed by atoms with Gasteiger partial charge in [-0.05, 0) is 36.6 Å². The summed E-state index contributed by atoms with van der Waals surface area (Å²) in [6.45, 7) is 4.66. The van der Waals surface area contributed by atoms with Gasteiger partial charge in [-0.3, -0.25) is 5.32 Å². The van der Waals surface area contributed by atoms with Crippen LogP contribution >= 0.6 is 11.3 Å². The van der Waals surface area contributed by atoms with Gasteiger partial charge in [0, 0.05) is 17.5 Å². The van der Waals surface area contributed by atoms with Crippen molar-refractivity contribution in [3.63, 3.8) is 0 Å². The molecule has 0 aliphatic carbocycles. The molecule has 0 unspecified atom stereocenters. The summed E-state index contributed by atoms with van der Waals surface area (Å²) in [6, 6.07) is 15.8. The van der Waals surface area contributed by atoms with Crippen LogP contribution in [0, 0.1) is 13.8 Å². The number of anilines is 1. The molecular formula is C19H19N3OS. The van der Waals surface area contributed by atoms with Crippen LogP contribution in [0.4, 0.5) is 9.93 Å². The second kappa shape index (κ2) is 7.27. The maximum atomic E-state index is 12.0. The highest BCUT2D eigenvalue weighted by Crippen LogP contribution is 2.26. The van der Waals surface area contributed by atoms with Crippen molar-refractivity contribution in [2.24, 2.45) is 0 Å². The zero-order valence-electron chi connectivity index (χ0n) is 13.7. The zero-order chi connectivity index (χ0) is 16.9. The minimum Gasteiger partial charge on any atom is -0.334 e. The van der Waals surface area contributed by atoms with E-state index >= 15 is 0 Å². The maximum Gasteiger partial charge on any atom is 0.321 e. The van der Waals surface area contributed by atoms with Crippen LogP contribution in [-0.2, 0) is 6.54 Å². The molecule has 5 heteroatoms. The molecule has 0 bridgehead atoms. The summed E-state index contributed by atoms with van der Waals surface area (Å²) < 4.78 is 0. The summed E-state index contributed by atoms with van der Waals surface area (Å²) in [6.07, 6.45) is 0. The van der Waals surface area contributed by atoms with E-state index in [4.69, 9.17) is 0 Å². The molecule has 0 saturated heterocycles. The molecule has 1 heterocycles. The Hall–Kier alpha value is -2.66. The van der Waals surface area contributed by atoms with Gasteiger partial charge >= 0.3 is 6.03 Å². The Morgan fingerprint density at radius 1 is 1.08 bits per heavy atom. The van der Waals surface area contributed by atoms with Crippen LogP contribution < -0.4 is 10.6 Å². The molecular weight excluding hydrogens is 318 g/mol. The van der Waals surface area contributed by atoms with E-state index in [1.165, 1.54) is 22.5 Å². The number of nitrogens with zero attached hydrogens (tertiary/aromatic N) is 1. The number of aryl methyl sites for hydroxylation is 2. The highest BCUT2D eigenvalue weighted by Gasteiger charge is 2.08.